The van der Waals surface area contributed by atoms with Crippen LogP contribution >= 0.6 is 22.7 Å². The Bertz CT molecular complexity index is 796. The van der Waals surface area contributed by atoms with Crippen molar-refractivity contribution in [3.63, 3.8) is 0 Å². The molecule has 2 N–H and O–H groups in total. The summed E-state index contributed by atoms with van der Waals surface area (Å²) in [6, 6.07) is 3.36. The lowest BCUT2D eigenvalue weighted by Gasteiger charge is -2.22. The molecule has 0 bridgehead atoms. The molecule has 0 spiro atoms. The Balaban J connectivity index is 1.65. The summed E-state index contributed by atoms with van der Waals surface area (Å²) in [7, 11) is 0. The number of rotatable bonds is 6. The standard InChI is InChI=1S/C16H18N4O3S2/c1-3-16(4-2)13(22)20(15(23)19-16)8-12(21)18-14-17-10(9-25-14)11-6-5-7-24-11/h5-7,9H,3-4,8H2,1-2H3,(H,19,23)(H,17,18,21). The van der Waals surface area contributed by atoms with E-state index in [0.29, 0.717) is 18.0 Å². The molecule has 2 aromatic rings. The number of carbonyl (C=O) groups excluding carboxylic acids is 3. The highest BCUT2D eigenvalue weighted by Crippen LogP contribution is 2.28. The number of aromatic nitrogens is 1. The number of urea groups is 1. The fraction of sp³-hybridized carbons (Fsp3) is 0.375. The van der Waals surface area contributed by atoms with Gasteiger partial charge in [-0.25, -0.2) is 9.78 Å². The Morgan fingerprint density at radius 1 is 1.32 bits per heavy atom. The molecule has 3 heterocycles. The third-order valence-electron chi connectivity index (χ3n) is 4.28. The first-order chi connectivity index (χ1) is 12.0. The first-order valence-corrected chi connectivity index (χ1v) is 9.68. The van der Waals surface area contributed by atoms with Crippen molar-refractivity contribution in [1.82, 2.24) is 15.2 Å². The number of hydrogen-bond donors (Lipinski definition) is 2. The van der Waals surface area contributed by atoms with Crippen LogP contribution in [0.15, 0.2) is 22.9 Å². The van der Waals surface area contributed by atoms with E-state index in [2.05, 4.69) is 15.6 Å². The number of carbonyl (C=O) groups is 3. The number of imide groups is 1. The highest BCUT2D eigenvalue weighted by molar-refractivity contribution is 7.16. The normalized spacial score (nSPS) is 16.2. The van der Waals surface area contributed by atoms with Crippen LogP contribution < -0.4 is 10.6 Å². The maximum atomic E-state index is 12.5. The molecule has 0 aromatic carbocycles. The molecule has 25 heavy (non-hydrogen) atoms. The lowest BCUT2D eigenvalue weighted by atomic mass is 9.93. The van der Waals surface area contributed by atoms with Gasteiger partial charge in [0.2, 0.25) is 5.91 Å². The van der Waals surface area contributed by atoms with Gasteiger partial charge in [0, 0.05) is 5.38 Å². The van der Waals surface area contributed by atoms with Crippen LogP contribution in [0.25, 0.3) is 10.6 Å². The SMILES string of the molecule is CCC1(CC)NC(=O)N(CC(=O)Nc2nc(-c3cccs3)cs2)C1=O. The molecule has 0 atom stereocenters. The predicted octanol–water partition coefficient (Wildman–Crippen LogP) is 2.92. The molecular weight excluding hydrogens is 360 g/mol. The molecular formula is C16H18N4O3S2. The molecule has 3 rings (SSSR count). The van der Waals surface area contributed by atoms with E-state index < -0.39 is 17.5 Å². The predicted molar refractivity (Wildman–Crippen MR) is 97.6 cm³/mol. The number of thiophene rings is 1. The van der Waals surface area contributed by atoms with Crippen LogP contribution in [0.1, 0.15) is 26.7 Å². The number of nitrogens with one attached hydrogen (secondary N) is 2. The molecule has 0 unspecified atom stereocenters. The van der Waals surface area contributed by atoms with Crippen LogP contribution in [0.5, 0.6) is 0 Å². The van der Waals surface area contributed by atoms with E-state index >= 15 is 0 Å². The Morgan fingerprint density at radius 2 is 2.08 bits per heavy atom. The Hall–Kier alpha value is -2.26. The minimum Gasteiger partial charge on any atom is -0.323 e. The highest BCUT2D eigenvalue weighted by Gasteiger charge is 2.49. The summed E-state index contributed by atoms with van der Waals surface area (Å²) in [5.41, 5.74) is -0.105. The van der Waals surface area contributed by atoms with E-state index in [4.69, 9.17) is 0 Å². The second-order valence-electron chi connectivity index (χ2n) is 5.67. The van der Waals surface area contributed by atoms with Crippen molar-refractivity contribution in [2.45, 2.75) is 32.2 Å². The Morgan fingerprint density at radius 3 is 2.68 bits per heavy atom. The number of amides is 4. The zero-order valence-corrected chi connectivity index (χ0v) is 15.5. The highest BCUT2D eigenvalue weighted by atomic mass is 32.1. The molecule has 0 aliphatic carbocycles. The fourth-order valence-corrected chi connectivity index (χ4v) is 4.21. The molecule has 132 valence electrons. The average molecular weight is 378 g/mol. The Labute approximate surface area is 153 Å². The van der Waals surface area contributed by atoms with Crippen molar-refractivity contribution < 1.29 is 14.4 Å². The third kappa shape index (κ3) is 3.29. The summed E-state index contributed by atoms with van der Waals surface area (Å²) in [5, 5.41) is 9.61. The second kappa shape index (κ2) is 6.93. The van der Waals surface area contributed by atoms with Gasteiger partial charge >= 0.3 is 6.03 Å². The minimum atomic E-state index is -0.898. The van der Waals surface area contributed by atoms with Crippen LogP contribution in [-0.4, -0.2) is 39.8 Å². The molecule has 2 aromatic heterocycles. The summed E-state index contributed by atoms with van der Waals surface area (Å²) in [5.74, 6) is -0.797. The van der Waals surface area contributed by atoms with E-state index in [9.17, 15) is 14.4 Å². The maximum Gasteiger partial charge on any atom is 0.325 e. The molecule has 0 saturated carbocycles. The number of thiazole rings is 1. The van der Waals surface area contributed by atoms with Crippen molar-refractivity contribution in [2.24, 2.45) is 0 Å². The largest absolute Gasteiger partial charge is 0.325 e. The first kappa shape index (κ1) is 17.6. The smallest absolute Gasteiger partial charge is 0.323 e. The molecule has 0 radical (unpaired) electrons. The van der Waals surface area contributed by atoms with Crippen LogP contribution in [-0.2, 0) is 9.59 Å². The molecule has 7 nitrogen and oxygen atoms in total. The molecule has 1 aliphatic rings. The van der Waals surface area contributed by atoms with E-state index in [1.165, 1.54) is 11.3 Å². The number of hydrogen-bond acceptors (Lipinski definition) is 6. The zero-order valence-electron chi connectivity index (χ0n) is 13.9. The van der Waals surface area contributed by atoms with Gasteiger partial charge in [-0.3, -0.25) is 14.5 Å². The van der Waals surface area contributed by atoms with Gasteiger partial charge in [-0.2, -0.15) is 0 Å². The van der Waals surface area contributed by atoms with Crippen LogP contribution in [0.3, 0.4) is 0 Å². The summed E-state index contributed by atoms with van der Waals surface area (Å²) in [4.78, 5) is 43.1. The quantitative estimate of drug-likeness (QED) is 0.756. The fourth-order valence-electron chi connectivity index (χ4n) is 2.72. The molecule has 1 aliphatic heterocycles. The van der Waals surface area contributed by atoms with Gasteiger partial charge < -0.3 is 10.6 Å². The summed E-state index contributed by atoms with van der Waals surface area (Å²) >= 11 is 2.87. The van der Waals surface area contributed by atoms with Gasteiger partial charge in [-0.15, -0.1) is 22.7 Å². The van der Waals surface area contributed by atoms with Crippen molar-refractivity contribution in [3.8, 4) is 10.6 Å². The second-order valence-corrected chi connectivity index (χ2v) is 7.48. The number of anilines is 1. The third-order valence-corrected chi connectivity index (χ3v) is 5.93. The molecule has 9 heteroatoms. The van der Waals surface area contributed by atoms with Gasteiger partial charge in [0.05, 0.1) is 10.6 Å². The minimum absolute atomic E-state index is 0.319. The molecule has 1 fully saturated rings. The van der Waals surface area contributed by atoms with E-state index in [-0.39, 0.29) is 12.5 Å². The molecule has 1 saturated heterocycles. The van der Waals surface area contributed by atoms with E-state index in [0.717, 1.165) is 15.5 Å². The lowest BCUT2D eigenvalue weighted by Crippen LogP contribution is -2.46. The topological polar surface area (TPSA) is 91.4 Å². The van der Waals surface area contributed by atoms with Gasteiger partial charge in [0.25, 0.3) is 5.91 Å². The van der Waals surface area contributed by atoms with Crippen molar-refractivity contribution in [3.05, 3.63) is 22.9 Å². The van der Waals surface area contributed by atoms with Gasteiger partial charge in [0.15, 0.2) is 5.13 Å². The van der Waals surface area contributed by atoms with Crippen LogP contribution in [0.2, 0.25) is 0 Å². The molecule has 4 amide bonds. The summed E-state index contributed by atoms with van der Waals surface area (Å²) in [6.07, 6.45) is 0.978. The van der Waals surface area contributed by atoms with Gasteiger partial charge in [-0.05, 0) is 24.3 Å². The Kier molecular flexibility index (Phi) is 4.87. The average Bonchev–Trinajstić information content (AvgIpc) is 3.31. The maximum absolute atomic E-state index is 12.5. The monoisotopic (exact) mass is 378 g/mol. The van der Waals surface area contributed by atoms with Crippen molar-refractivity contribution in [1.29, 1.82) is 0 Å². The van der Waals surface area contributed by atoms with Gasteiger partial charge in [-0.1, -0.05) is 19.9 Å². The van der Waals surface area contributed by atoms with E-state index in [1.54, 1.807) is 11.3 Å². The van der Waals surface area contributed by atoms with Crippen LogP contribution in [0.4, 0.5) is 9.93 Å². The van der Waals surface area contributed by atoms with Crippen LogP contribution in [0, 0.1) is 0 Å². The van der Waals surface area contributed by atoms with Crippen molar-refractivity contribution in [2.75, 3.05) is 11.9 Å². The van der Waals surface area contributed by atoms with Gasteiger partial charge in [0.1, 0.15) is 12.1 Å². The zero-order chi connectivity index (χ0) is 18.0. The first-order valence-electron chi connectivity index (χ1n) is 7.92. The summed E-state index contributed by atoms with van der Waals surface area (Å²) in [6.45, 7) is 3.36. The van der Waals surface area contributed by atoms with Crippen molar-refractivity contribution >= 4 is 45.7 Å². The summed E-state index contributed by atoms with van der Waals surface area (Å²) < 4.78 is 0. The lowest BCUT2D eigenvalue weighted by molar-refractivity contribution is -0.134. The number of nitrogens with zero attached hydrogens (tertiary/aromatic N) is 2. The van der Waals surface area contributed by atoms with E-state index in [1.807, 2.05) is 36.7 Å².